The molecule has 0 atom stereocenters. The Morgan fingerprint density at radius 2 is 1.94 bits per heavy atom. The largest absolute Gasteiger partial charge is 0.490 e. The predicted octanol–water partition coefficient (Wildman–Crippen LogP) is 3.18. The van der Waals surface area contributed by atoms with Crippen LogP contribution < -0.4 is 4.74 Å². The van der Waals surface area contributed by atoms with E-state index in [1.807, 2.05) is 27.7 Å². The molecule has 0 aromatic heterocycles. The maximum absolute atomic E-state index is 10.9. The van der Waals surface area contributed by atoms with Gasteiger partial charge in [0.15, 0.2) is 0 Å². The molecule has 0 fully saturated rings. The average molecular weight is 246 g/mol. The van der Waals surface area contributed by atoms with Crippen LogP contribution in [0.15, 0.2) is 18.2 Å². The second kappa shape index (κ2) is 6.11. The third kappa shape index (κ3) is 4.14. The molecule has 1 aromatic rings. The second-order valence-corrected chi connectivity index (χ2v) is 4.61. The van der Waals surface area contributed by atoms with Crippen molar-refractivity contribution in [2.75, 3.05) is 0 Å². The van der Waals surface area contributed by atoms with Gasteiger partial charge >= 0.3 is 5.97 Å². The van der Waals surface area contributed by atoms with Crippen molar-refractivity contribution in [1.29, 1.82) is 0 Å². The van der Waals surface area contributed by atoms with E-state index in [9.17, 15) is 4.79 Å². The van der Waals surface area contributed by atoms with Crippen molar-refractivity contribution in [3.05, 3.63) is 29.3 Å². The summed E-state index contributed by atoms with van der Waals surface area (Å²) in [6.45, 7) is 7.80. The van der Waals surface area contributed by atoms with Gasteiger partial charge in [0, 0.05) is 5.92 Å². The zero-order valence-corrected chi connectivity index (χ0v) is 11.2. The Balaban J connectivity index is 3.17. The standard InChI is InChI=1S/C15H18O3/c1-10(2)5-6-12-7-8-13(15(16)17)9-14(12)18-11(3)4/h7-11H,1-4H3,(H,16,17). The number of aromatic carboxylic acids is 1. The number of carboxylic acid groups (broad SMARTS) is 1. The highest BCUT2D eigenvalue weighted by Gasteiger charge is 2.09. The topological polar surface area (TPSA) is 46.5 Å². The molecule has 1 rings (SSSR count). The van der Waals surface area contributed by atoms with Crippen LogP contribution in [-0.4, -0.2) is 17.2 Å². The minimum absolute atomic E-state index is 0.0198. The number of hydrogen-bond acceptors (Lipinski definition) is 2. The van der Waals surface area contributed by atoms with Gasteiger partial charge in [-0.1, -0.05) is 25.7 Å². The molecular formula is C15H18O3. The number of hydrogen-bond donors (Lipinski definition) is 1. The SMILES string of the molecule is CC(C)C#Cc1ccc(C(=O)O)cc1OC(C)C. The fourth-order valence-electron chi connectivity index (χ4n) is 1.33. The fourth-order valence-corrected chi connectivity index (χ4v) is 1.33. The van der Waals surface area contributed by atoms with Gasteiger partial charge in [0.05, 0.1) is 17.2 Å². The molecule has 0 unspecified atom stereocenters. The van der Waals surface area contributed by atoms with E-state index < -0.39 is 5.97 Å². The van der Waals surface area contributed by atoms with E-state index >= 15 is 0 Å². The van der Waals surface area contributed by atoms with Crippen molar-refractivity contribution in [3.8, 4) is 17.6 Å². The van der Waals surface area contributed by atoms with E-state index in [1.165, 1.54) is 6.07 Å². The number of carbonyl (C=O) groups is 1. The van der Waals surface area contributed by atoms with Crippen LogP contribution in [0.3, 0.4) is 0 Å². The Kier molecular flexibility index (Phi) is 4.79. The Labute approximate surface area is 108 Å². The number of carboxylic acids is 1. The van der Waals surface area contributed by atoms with Gasteiger partial charge in [-0.15, -0.1) is 0 Å². The van der Waals surface area contributed by atoms with Crippen molar-refractivity contribution in [1.82, 2.24) is 0 Å². The van der Waals surface area contributed by atoms with Crippen LogP contribution in [0.2, 0.25) is 0 Å². The highest BCUT2D eigenvalue weighted by molar-refractivity contribution is 5.88. The maximum Gasteiger partial charge on any atom is 0.335 e. The van der Waals surface area contributed by atoms with Gasteiger partial charge in [0.1, 0.15) is 5.75 Å². The molecule has 3 heteroatoms. The summed E-state index contributed by atoms with van der Waals surface area (Å²) in [5.41, 5.74) is 0.933. The molecule has 0 saturated heterocycles. The normalized spacial score (nSPS) is 10.1. The van der Waals surface area contributed by atoms with Crippen LogP contribution in [0.5, 0.6) is 5.75 Å². The second-order valence-electron chi connectivity index (χ2n) is 4.61. The minimum atomic E-state index is -0.966. The highest BCUT2D eigenvalue weighted by Crippen LogP contribution is 2.21. The van der Waals surface area contributed by atoms with Crippen LogP contribution in [-0.2, 0) is 0 Å². The predicted molar refractivity (Wildman–Crippen MR) is 70.9 cm³/mol. The molecule has 0 heterocycles. The first-order chi connectivity index (χ1) is 8.40. The molecule has 3 nitrogen and oxygen atoms in total. The van der Waals surface area contributed by atoms with Crippen LogP contribution in [0.25, 0.3) is 0 Å². The van der Waals surface area contributed by atoms with Gasteiger partial charge in [0.25, 0.3) is 0 Å². The molecule has 1 aromatic carbocycles. The Morgan fingerprint density at radius 3 is 2.44 bits per heavy atom. The molecule has 0 radical (unpaired) electrons. The van der Waals surface area contributed by atoms with Crippen LogP contribution in [0.1, 0.15) is 43.6 Å². The molecule has 1 N–H and O–H groups in total. The lowest BCUT2D eigenvalue weighted by Gasteiger charge is -2.12. The highest BCUT2D eigenvalue weighted by atomic mass is 16.5. The van der Waals surface area contributed by atoms with E-state index in [-0.39, 0.29) is 17.6 Å². The van der Waals surface area contributed by atoms with Crippen molar-refractivity contribution in [2.45, 2.75) is 33.8 Å². The summed E-state index contributed by atoms with van der Waals surface area (Å²) in [4.78, 5) is 10.9. The molecule has 0 aliphatic heterocycles. The Hall–Kier alpha value is -1.95. The molecule has 0 aliphatic carbocycles. The molecular weight excluding hydrogens is 228 g/mol. The zero-order chi connectivity index (χ0) is 13.7. The summed E-state index contributed by atoms with van der Waals surface area (Å²) in [6, 6.07) is 4.75. The summed E-state index contributed by atoms with van der Waals surface area (Å²) in [5.74, 6) is 5.88. The first kappa shape index (κ1) is 14.1. The third-order valence-electron chi connectivity index (χ3n) is 2.09. The van der Waals surface area contributed by atoms with Crippen molar-refractivity contribution >= 4 is 5.97 Å². The molecule has 0 aliphatic rings. The molecule has 18 heavy (non-hydrogen) atoms. The average Bonchev–Trinajstić information content (AvgIpc) is 2.26. The van der Waals surface area contributed by atoms with E-state index in [0.29, 0.717) is 5.75 Å². The fraction of sp³-hybridized carbons (Fsp3) is 0.400. The quantitative estimate of drug-likeness (QED) is 0.833. The van der Waals surface area contributed by atoms with Crippen molar-refractivity contribution < 1.29 is 14.6 Å². The number of ether oxygens (including phenoxy) is 1. The first-order valence-corrected chi connectivity index (χ1v) is 5.95. The lowest BCUT2D eigenvalue weighted by atomic mass is 10.1. The summed E-state index contributed by atoms with van der Waals surface area (Å²) in [6.07, 6.45) is -0.0198. The molecule has 0 spiro atoms. The van der Waals surface area contributed by atoms with E-state index in [4.69, 9.17) is 9.84 Å². The molecule has 0 amide bonds. The lowest BCUT2D eigenvalue weighted by molar-refractivity contribution is 0.0696. The van der Waals surface area contributed by atoms with E-state index in [0.717, 1.165) is 5.56 Å². The van der Waals surface area contributed by atoms with Gasteiger partial charge in [-0.25, -0.2) is 4.79 Å². The summed E-state index contributed by atoms with van der Waals surface area (Å²) < 4.78 is 5.60. The van der Waals surface area contributed by atoms with Crippen LogP contribution >= 0.6 is 0 Å². The summed E-state index contributed by atoms with van der Waals surface area (Å²) in [7, 11) is 0. The number of rotatable bonds is 3. The summed E-state index contributed by atoms with van der Waals surface area (Å²) >= 11 is 0. The van der Waals surface area contributed by atoms with Crippen LogP contribution in [0.4, 0.5) is 0 Å². The van der Waals surface area contributed by atoms with Gasteiger partial charge < -0.3 is 9.84 Å². The number of benzene rings is 1. The van der Waals surface area contributed by atoms with Crippen LogP contribution in [0, 0.1) is 17.8 Å². The molecule has 0 saturated carbocycles. The smallest absolute Gasteiger partial charge is 0.335 e. The first-order valence-electron chi connectivity index (χ1n) is 5.95. The molecule has 0 bridgehead atoms. The minimum Gasteiger partial charge on any atom is -0.490 e. The summed E-state index contributed by atoms with van der Waals surface area (Å²) in [5, 5.41) is 8.96. The lowest BCUT2D eigenvalue weighted by Crippen LogP contribution is -2.08. The third-order valence-corrected chi connectivity index (χ3v) is 2.09. The monoisotopic (exact) mass is 246 g/mol. The van der Waals surface area contributed by atoms with Gasteiger partial charge in [0.2, 0.25) is 0 Å². The Morgan fingerprint density at radius 1 is 1.28 bits per heavy atom. The van der Waals surface area contributed by atoms with E-state index in [2.05, 4.69) is 11.8 Å². The van der Waals surface area contributed by atoms with Crippen molar-refractivity contribution in [3.63, 3.8) is 0 Å². The zero-order valence-electron chi connectivity index (χ0n) is 11.2. The van der Waals surface area contributed by atoms with Gasteiger partial charge in [-0.2, -0.15) is 0 Å². The van der Waals surface area contributed by atoms with Gasteiger partial charge in [-0.05, 0) is 32.0 Å². The van der Waals surface area contributed by atoms with E-state index in [1.54, 1.807) is 12.1 Å². The van der Waals surface area contributed by atoms with Crippen molar-refractivity contribution in [2.24, 2.45) is 5.92 Å². The maximum atomic E-state index is 10.9. The van der Waals surface area contributed by atoms with Gasteiger partial charge in [-0.3, -0.25) is 0 Å². The molecule has 96 valence electrons. The Bertz CT molecular complexity index is 490.